The van der Waals surface area contributed by atoms with Gasteiger partial charge in [0.05, 0.1) is 0 Å². The third-order valence-electron chi connectivity index (χ3n) is 9.29. The lowest BCUT2D eigenvalue weighted by Gasteiger charge is -2.28. The molecular formula is C46H40N2. The summed E-state index contributed by atoms with van der Waals surface area (Å²) in [5.41, 5.74) is 13.0. The lowest BCUT2D eigenvalue weighted by molar-refractivity contribution is 0.636. The second-order valence-corrected chi connectivity index (χ2v) is 12.8. The third kappa shape index (κ3) is 6.26. The van der Waals surface area contributed by atoms with Crippen LogP contribution in [0.4, 0.5) is 34.1 Å². The Balaban J connectivity index is 1.19. The summed E-state index contributed by atoms with van der Waals surface area (Å²) >= 11 is 0. The van der Waals surface area contributed by atoms with Crippen LogP contribution in [0.1, 0.15) is 30.5 Å². The van der Waals surface area contributed by atoms with Crippen LogP contribution in [-0.4, -0.2) is 0 Å². The van der Waals surface area contributed by atoms with Gasteiger partial charge in [0.2, 0.25) is 0 Å². The zero-order chi connectivity index (χ0) is 32.9. The highest BCUT2D eigenvalue weighted by atomic mass is 15.2. The number of hydrogen-bond donors (Lipinski definition) is 0. The first-order chi connectivity index (χ1) is 23.5. The molecule has 2 heteroatoms. The molecular weight excluding hydrogens is 581 g/mol. The third-order valence-corrected chi connectivity index (χ3v) is 9.29. The lowest BCUT2D eigenvalue weighted by atomic mass is 9.76. The zero-order valence-electron chi connectivity index (χ0n) is 27.8. The van der Waals surface area contributed by atoms with Crippen molar-refractivity contribution in [3.05, 3.63) is 205 Å². The molecule has 0 heterocycles. The number of benzene rings is 7. The molecule has 0 spiro atoms. The maximum Gasteiger partial charge on any atom is 0.0463 e. The Morgan fingerprint density at radius 1 is 0.333 bits per heavy atom. The number of rotatable bonds is 9. The van der Waals surface area contributed by atoms with Gasteiger partial charge in [0.1, 0.15) is 0 Å². The van der Waals surface area contributed by atoms with Gasteiger partial charge in [0.15, 0.2) is 0 Å². The van der Waals surface area contributed by atoms with E-state index in [-0.39, 0.29) is 5.41 Å². The van der Waals surface area contributed by atoms with E-state index in [0.29, 0.717) is 0 Å². The van der Waals surface area contributed by atoms with Crippen molar-refractivity contribution in [2.45, 2.75) is 26.2 Å². The first-order valence-corrected chi connectivity index (χ1v) is 16.6. The number of aryl methyl sites for hydroxylation is 1. The fraction of sp³-hybridized carbons (Fsp3) is 0.0870. The minimum atomic E-state index is -0.0707. The SMILES string of the molecule is Cc1ccccc1C(C)(C)c1ccc(-c2ccc(N(c3ccccc3)c3ccc(N(c4ccccc4)c4ccccc4)cc3)cc2)cc1. The highest BCUT2D eigenvalue weighted by Crippen LogP contribution is 2.40. The van der Waals surface area contributed by atoms with Crippen molar-refractivity contribution in [2.75, 3.05) is 9.80 Å². The number of nitrogens with zero attached hydrogens (tertiary/aromatic N) is 2. The molecule has 7 aromatic rings. The van der Waals surface area contributed by atoms with Crippen molar-refractivity contribution in [3.63, 3.8) is 0 Å². The summed E-state index contributed by atoms with van der Waals surface area (Å²) in [7, 11) is 0. The van der Waals surface area contributed by atoms with Gasteiger partial charge in [-0.05, 0) is 108 Å². The van der Waals surface area contributed by atoms with E-state index in [4.69, 9.17) is 0 Å². The van der Waals surface area contributed by atoms with E-state index in [9.17, 15) is 0 Å². The first kappa shape index (κ1) is 30.8. The van der Waals surface area contributed by atoms with Gasteiger partial charge in [-0.2, -0.15) is 0 Å². The van der Waals surface area contributed by atoms with Crippen LogP contribution in [0, 0.1) is 6.92 Å². The van der Waals surface area contributed by atoms with Crippen LogP contribution in [0.5, 0.6) is 0 Å². The Morgan fingerprint density at radius 3 is 1.04 bits per heavy atom. The van der Waals surface area contributed by atoms with Gasteiger partial charge in [0, 0.05) is 39.5 Å². The molecule has 0 atom stereocenters. The second-order valence-electron chi connectivity index (χ2n) is 12.8. The van der Waals surface area contributed by atoms with E-state index >= 15 is 0 Å². The largest absolute Gasteiger partial charge is 0.311 e. The minimum Gasteiger partial charge on any atom is -0.311 e. The van der Waals surface area contributed by atoms with Crippen LogP contribution in [-0.2, 0) is 5.41 Å². The van der Waals surface area contributed by atoms with Gasteiger partial charge in [0.25, 0.3) is 0 Å². The topological polar surface area (TPSA) is 6.48 Å². The van der Waals surface area contributed by atoms with Crippen molar-refractivity contribution in [1.82, 2.24) is 0 Å². The molecule has 2 nitrogen and oxygen atoms in total. The number of anilines is 6. The van der Waals surface area contributed by atoms with Gasteiger partial charge < -0.3 is 9.80 Å². The molecule has 0 radical (unpaired) electrons. The molecule has 0 aliphatic heterocycles. The lowest BCUT2D eigenvalue weighted by Crippen LogP contribution is -2.20. The summed E-state index contributed by atoms with van der Waals surface area (Å²) < 4.78 is 0. The van der Waals surface area contributed by atoms with Crippen molar-refractivity contribution in [3.8, 4) is 11.1 Å². The summed E-state index contributed by atoms with van der Waals surface area (Å²) in [6.07, 6.45) is 0. The fourth-order valence-electron chi connectivity index (χ4n) is 6.69. The molecule has 0 unspecified atom stereocenters. The van der Waals surface area contributed by atoms with Crippen LogP contribution in [0.3, 0.4) is 0 Å². The maximum atomic E-state index is 2.32. The van der Waals surface area contributed by atoms with Crippen molar-refractivity contribution in [1.29, 1.82) is 0 Å². The smallest absolute Gasteiger partial charge is 0.0463 e. The van der Waals surface area contributed by atoms with E-state index in [0.717, 1.165) is 34.1 Å². The molecule has 234 valence electrons. The van der Waals surface area contributed by atoms with E-state index in [2.05, 4.69) is 219 Å². The Hall–Kier alpha value is -5.86. The summed E-state index contributed by atoms with van der Waals surface area (Å²) in [6, 6.07) is 67.1. The van der Waals surface area contributed by atoms with Gasteiger partial charge in [-0.15, -0.1) is 0 Å². The molecule has 48 heavy (non-hydrogen) atoms. The van der Waals surface area contributed by atoms with E-state index in [1.165, 1.54) is 27.8 Å². The molecule has 7 aromatic carbocycles. The standard InChI is InChI=1S/C46H40N2/c1-35-15-13-14-22-45(35)46(2,3)38-27-23-36(24-28-38)37-25-29-42(30-26-37)48(41-20-11-6-12-21-41)44-33-31-43(32-34-44)47(39-16-7-4-8-17-39)40-18-9-5-10-19-40/h4-34H,1-3H3. The average Bonchev–Trinajstić information content (AvgIpc) is 3.14. The van der Waals surface area contributed by atoms with Gasteiger partial charge in [-0.1, -0.05) is 129 Å². The summed E-state index contributed by atoms with van der Waals surface area (Å²) in [5.74, 6) is 0. The van der Waals surface area contributed by atoms with Crippen molar-refractivity contribution < 1.29 is 0 Å². The molecule has 0 amide bonds. The zero-order valence-corrected chi connectivity index (χ0v) is 27.8. The fourth-order valence-corrected chi connectivity index (χ4v) is 6.69. The van der Waals surface area contributed by atoms with E-state index < -0.39 is 0 Å². The molecule has 0 fully saturated rings. The van der Waals surface area contributed by atoms with Gasteiger partial charge in [-0.25, -0.2) is 0 Å². The van der Waals surface area contributed by atoms with Crippen molar-refractivity contribution >= 4 is 34.1 Å². The monoisotopic (exact) mass is 620 g/mol. The van der Waals surface area contributed by atoms with Crippen LogP contribution >= 0.6 is 0 Å². The number of para-hydroxylation sites is 3. The Labute approximate surface area is 285 Å². The summed E-state index contributed by atoms with van der Waals surface area (Å²) in [5, 5.41) is 0. The molecule has 0 saturated carbocycles. The minimum absolute atomic E-state index is 0.0707. The van der Waals surface area contributed by atoms with Gasteiger partial charge >= 0.3 is 0 Å². The average molecular weight is 621 g/mol. The molecule has 0 saturated heterocycles. The summed E-state index contributed by atoms with van der Waals surface area (Å²) in [4.78, 5) is 4.61. The quantitative estimate of drug-likeness (QED) is 0.158. The van der Waals surface area contributed by atoms with Crippen LogP contribution in [0.15, 0.2) is 188 Å². The Kier molecular flexibility index (Phi) is 8.64. The Bertz CT molecular complexity index is 2030. The molecule has 0 bridgehead atoms. The van der Waals surface area contributed by atoms with Crippen LogP contribution < -0.4 is 9.80 Å². The maximum absolute atomic E-state index is 2.32. The predicted octanol–water partition coefficient (Wildman–Crippen LogP) is 12.9. The molecule has 0 aliphatic carbocycles. The van der Waals surface area contributed by atoms with E-state index in [1.54, 1.807) is 0 Å². The molecule has 7 rings (SSSR count). The second kappa shape index (κ2) is 13.5. The molecule has 0 N–H and O–H groups in total. The predicted molar refractivity (Wildman–Crippen MR) is 205 cm³/mol. The number of hydrogen-bond acceptors (Lipinski definition) is 2. The molecule has 0 aromatic heterocycles. The van der Waals surface area contributed by atoms with Crippen LogP contribution in [0.25, 0.3) is 11.1 Å². The van der Waals surface area contributed by atoms with Gasteiger partial charge in [-0.3, -0.25) is 0 Å². The van der Waals surface area contributed by atoms with E-state index in [1.807, 2.05) is 0 Å². The highest BCUT2D eigenvalue weighted by molar-refractivity contribution is 5.82. The van der Waals surface area contributed by atoms with Crippen LogP contribution in [0.2, 0.25) is 0 Å². The normalized spacial score (nSPS) is 11.2. The van der Waals surface area contributed by atoms with Crippen molar-refractivity contribution in [2.24, 2.45) is 0 Å². The first-order valence-electron chi connectivity index (χ1n) is 16.6. The summed E-state index contributed by atoms with van der Waals surface area (Å²) in [6.45, 7) is 6.82. The Morgan fingerprint density at radius 2 is 0.646 bits per heavy atom. The molecule has 0 aliphatic rings. The highest BCUT2D eigenvalue weighted by Gasteiger charge is 2.24.